The lowest BCUT2D eigenvalue weighted by Crippen LogP contribution is -2.08. The van der Waals surface area contributed by atoms with Crippen LogP contribution in [-0.2, 0) is 0 Å². The van der Waals surface area contributed by atoms with Gasteiger partial charge in [0.05, 0.1) is 10.8 Å². The second-order valence-corrected chi connectivity index (χ2v) is 2.63. The van der Waals surface area contributed by atoms with Gasteiger partial charge in [0.15, 0.2) is 5.82 Å². The maximum absolute atomic E-state index is 4.51. The molecule has 3 nitrogen and oxygen atoms in total. The monoisotopic (exact) mass is 179 g/mol. The van der Waals surface area contributed by atoms with Crippen molar-refractivity contribution in [2.24, 2.45) is 4.99 Å². The van der Waals surface area contributed by atoms with Crippen molar-refractivity contribution in [3.8, 4) is 0 Å². The van der Waals surface area contributed by atoms with E-state index in [0.717, 1.165) is 5.69 Å². The number of pyridine rings is 1. The lowest BCUT2D eigenvalue weighted by atomic mass is 10.4. The van der Waals surface area contributed by atoms with E-state index in [1.54, 1.807) is 6.20 Å². The molecule has 0 aliphatic carbocycles. The maximum Gasteiger partial charge on any atom is 0.186 e. The summed E-state index contributed by atoms with van der Waals surface area (Å²) in [5.74, 6) is 0.609. The van der Waals surface area contributed by atoms with Crippen LogP contribution in [0.15, 0.2) is 23.3 Å². The average molecular weight is 179 g/mol. The van der Waals surface area contributed by atoms with Gasteiger partial charge < -0.3 is 4.90 Å². The largest absolute Gasteiger partial charge is 0.375 e. The molecule has 1 rings (SSSR count). The molecule has 0 radical (unpaired) electrons. The van der Waals surface area contributed by atoms with Gasteiger partial charge in [-0.05, 0) is 24.4 Å². The quantitative estimate of drug-likeness (QED) is 0.512. The van der Waals surface area contributed by atoms with Gasteiger partial charge in [-0.3, -0.25) is 0 Å². The molecule has 62 valence electrons. The Morgan fingerprint density at radius 1 is 1.58 bits per heavy atom. The van der Waals surface area contributed by atoms with Crippen molar-refractivity contribution in [1.29, 1.82) is 0 Å². The Morgan fingerprint density at radius 3 is 2.92 bits per heavy atom. The first-order valence-corrected chi connectivity index (χ1v) is 3.86. The van der Waals surface area contributed by atoms with E-state index < -0.39 is 0 Å². The van der Waals surface area contributed by atoms with Gasteiger partial charge >= 0.3 is 0 Å². The third-order valence-corrected chi connectivity index (χ3v) is 1.49. The molecule has 0 spiro atoms. The van der Waals surface area contributed by atoms with Crippen molar-refractivity contribution < 1.29 is 0 Å². The zero-order valence-corrected chi connectivity index (χ0v) is 7.80. The molecule has 0 unspecified atom stereocenters. The van der Waals surface area contributed by atoms with Crippen LogP contribution in [0.5, 0.6) is 0 Å². The standard InChI is InChI=1S/C8H9N3S/c1-11(2)7-4-3-5-9-8(7)10-6-12/h3-5H,1-2H3. The number of hydrogen-bond acceptors (Lipinski definition) is 4. The molecule has 0 saturated carbocycles. The van der Waals surface area contributed by atoms with Gasteiger partial charge in [-0.25, -0.2) is 4.98 Å². The molecule has 0 saturated heterocycles. The molecular formula is C8H9N3S. The van der Waals surface area contributed by atoms with Crippen LogP contribution in [0, 0.1) is 0 Å². The van der Waals surface area contributed by atoms with Crippen molar-refractivity contribution in [3.63, 3.8) is 0 Å². The second-order valence-electron chi connectivity index (χ2n) is 2.44. The fraction of sp³-hybridized carbons (Fsp3) is 0.250. The van der Waals surface area contributed by atoms with Crippen LogP contribution in [0.3, 0.4) is 0 Å². The molecule has 0 aliphatic rings. The highest BCUT2D eigenvalue weighted by molar-refractivity contribution is 7.78. The SMILES string of the molecule is CN(C)c1cccnc1N=C=S. The summed E-state index contributed by atoms with van der Waals surface area (Å²) in [5, 5.41) is 2.30. The molecule has 12 heavy (non-hydrogen) atoms. The summed E-state index contributed by atoms with van der Waals surface area (Å²) in [6.07, 6.45) is 1.68. The van der Waals surface area contributed by atoms with Crippen molar-refractivity contribution in [2.75, 3.05) is 19.0 Å². The molecule has 0 aromatic carbocycles. The van der Waals surface area contributed by atoms with Gasteiger partial charge in [0.1, 0.15) is 0 Å². The Morgan fingerprint density at radius 2 is 2.33 bits per heavy atom. The van der Waals surface area contributed by atoms with E-state index in [4.69, 9.17) is 0 Å². The highest BCUT2D eigenvalue weighted by atomic mass is 32.1. The fourth-order valence-corrected chi connectivity index (χ4v) is 0.953. The highest BCUT2D eigenvalue weighted by Crippen LogP contribution is 2.22. The van der Waals surface area contributed by atoms with Gasteiger partial charge in [0.25, 0.3) is 0 Å². The lowest BCUT2D eigenvalue weighted by molar-refractivity contribution is 1.10. The number of thiocarbonyl (C=S) groups is 1. The Bertz CT molecular complexity index is 316. The van der Waals surface area contributed by atoms with Crippen molar-refractivity contribution in [3.05, 3.63) is 18.3 Å². The van der Waals surface area contributed by atoms with E-state index in [-0.39, 0.29) is 0 Å². The molecular weight excluding hydrogens is 170 g/mol. The first kappa shape index (κ1) is 8.84. The number of anilines is 1. The summed E-state index contributed by atoms with van der Waals surface area (Å²) in [4.78, 5) is 9.82. The van der Waals surface area contributed by atoms with Crippen LogP contribution in [0.1, 0.15) is 0 Å². The molecule has 1 heterocycles. The summed E-state index contributed by atoms with van der Waals surface area (Å²) < 4.78 is 0. The number of hydrogen-bond donors (Lipinski definition) is 0. The Labute approximate surface area is 76.8 Å². The molecule has 0 atom stereocenters. The van der Waals surface area contributed by atoms with Gasteiger partial charge in [0, 0.05) is 20.3 Å². The molecule has 0 bridgehead atoms. The van der Waals surface area contributed by atoms with Gasteiger partial charge in [-0.2, -0.15) is 4.99 Å². The van der Waals surface area contributed by atoms with Gasteiger partial charge in [-0.1, -0.05) is 0 Å². The summed E-state index contributed by atoms with van der Waals surface area (Å²) in [5.41, 5.74) is 0.940. The number of nitrogens with zero attached hydrogens (tertiary/aromatic N) is 3. The van der Waals surface area contributed by atoms with Gasteiger partial charge in [-0.15, -0.1) is 0 Å². The zero-order chi connectivity index (χ0) is 8.97. The van der Waals surface area contributed by atoms with Crippen LogP contribution in [0.4, 0.5) is 11.5 Å². The summed E-state index contributed by atoms with van der Waals surface area (Å²) >= 11 is 4.51. The van der Waals surface area contributed by atoms with Gasteiger partial charge in [0.2, 0.25) is 0 Å². The predicted molar refractivity (Wildman–Crippen MR) is 53.3 cm³/mol. The molecule has 4 heteroatoms. The number of aliphatic imine (C=N–C) groups is 1. The number of rotatable bonds is 2. The van der Waals surface area contributed by atoms with E-state index in [2.05, 4.69) is 27.4 Å². The van der Waals surface area contributed by atoms with Crippen LogP contribution in [0.25, 0.3) is 0 Å². The Hall–Kier alpha value is -1.25. The van der Waals surface area contributed by atoms with E-state index in [0.29, 0.717) is 5.82 Å². The van der Waals surface area contributed by atoms with Crippen LogP contribution >= 0.6 is 12.2 Å². The third kappa shape index (κ3) is 1.87. The van der Waals surface area contributed by atoms with E-state index in [1.807, 2.05) is 31.1 Å². The van der Waals surface area contributed by atoms with Crippen LogP contribution in [-0.4, -0.2) is 24.2 Å². The molecule has 0 aliphatic heterocycles. The van der Waals surface area contributed by atoms with Crippen LogP contribution in [0.2, 0.25) is 0 Å². The number of aromatic nitrogens is 1. The topological polar surface area (TPSA) is 28.5 Å². The summed E-state index contributed by atoms with van der Waals surface area (Å²) in [7, 11) is 3.86. The van der Waals surface area contributed by atoms with E-state index in [1.165, 1.54) is 0 Å². The van der Waals surface area contributed by atoms with Crippen molar-refractivity contribution >= 4 is 28.9 Å². The first-order valence-electron chi connectivity index (χ1n) is 3.46. The van der Waals surface area contributed by atoms with Crippen molar-refractivity contribution in [1.82, 2.24) is 4.98 Å². The molecule has 0 N–H and O–H groups in total. The van der Waals surface area contributed by atoms with E-state index >= 15 is 0 Å². The zero-order valence-electron chi connectivity index (χ0n) is 6.98. The minimum Gasteiger partial charge on any atom is -0.375 e. The minimum atomic E-state index is 0.609. The molecule has 1 aromatic rings. The predicted octanol–water partition coefficient (Wildman–Crippen LogP) is 1.88. The third-order valence-electron chi connectivity index (χ3n) is 1.40. The average Bonchev–Trinajstić information content (AvgIpc) is 2.05. The number of isothiocyanates is 1. The van der Waals surface area contributed by atoms with Crippen molar-refractivity contribution in [2.45, 2.75) is 0 Å². The lowest BCUT2D eigenvalue weighted by Gasteiger charge is -2.12. The second kappa shape index (κ2) is 3.95. The molecule has 1 aromatic heterocycles. The highest BCUT2D eigenvalue weighted by Gasteiger charge is 2.01. The fourth-order valence-electron chi connectivity index (χ4n) is 0.867. The Kier molecular flexibility index (Phi) is 2.91. The van der Waals surface area contributed by atoms with E-state index in [9.17, 15) is 0 Å². The normalized spacial score (nSPS) is 8.83. The summed E-state index contributed by atoms with van der Waals surface area (Å²) in [6, 6.07) is 3.79. The molecule has 0 fully saturated rings. The minimum absolute atomic E-state index is 0.609. The van der Waals surface area contributed by atoms with Crippen LogP contribution < -0.4 is 4.90 Å². The maximum atomic E-state index is 4.51. The Balaban J connectivity index is 3.17. The first-order chi connectivity index (χ1) is 5.75. The molecule has 0 amide bonds. The smallest absolute Gasteiger partial charge is 0.186 e. The summed E-state index contributed by atoms with van der Waals surface area (Å²) in [6.45, 7) is 0.